The molecule has 118 valence electrons. The summed E-state index contributed by atoms with van der Waals surface area (Å²) in [7, 11) is -2.79. The summed E-state index contributed by atoms with van der Waals surface area (Å²) in [6.45, 7) is 0. The van der Waals surface area contributed by atoms with E-state index in [0.717, 1.165) is 18.2 Å². The Bertz CT molecular complexity index is 625. The molecule has 1 N–H and O–H groups in total. The number of thioether (sulfide) groups is 1. The number of rotatable bonds is 6. The molecule has 5 nitrogen and oxygen atoms in total. The second-order valence-corrected chi connectivity index (χ2v) is 7.05. The molecule has 0 radical (unpaired) electrons. The van der Waals surface area contributed by atoms with Gasteiger partial charge in [-0.2, -0.15) is 13.2 Å². The van der Waals surface area contributed by atoms with Crippen molar-refractivity contribution in [3.63, 3.8) is 0 Å². The molecular formula is C11H11F3O5S2. The normalized spacial score (nSPS) is 12.2. The highest BCUT2D eigenvalue weighted by Gasteiger charge is 2.29. The summed E-state index contributed by atoms with van der Waals surface area (Å²) in [5.41, 5.74) is -4.89. The lowest BCUT2D eigenvalue weighted by Gasteiger charge is -2.09. The lowest BCUT2D eigenvalue weighted by molar-refractivity contribution is -0.0326. The number of ether oxygens (including phenoxy) is 1. The third kappa shape index (κ3) is 5.12. The molecule has 0 unspecified atom stereocenters. The number of sulfone groups is 1. The Hall–Kier alpha value is -1.42. The van der Waals surface area contributed by atoms with Crippen molar-refractivity contribution in [2.75, 3.05) is 18.6 Å². The minimum Gasteiger partial charge on any atom is -0.496 e. The van der Waals surface area contributed by atoms with E-state index in [1.54, 1.807) is 0 Å². The van der Waals surface area contributed by atoms with E-state index < -0.39 is 44.6 Å². The number of halogens is 3. The van der Waals surface area contributed by atoms with E-state index in [0.29, 0.717) is 0 Å². The van der Waals surface area contributed by atoms with Gasteiger partial charge in [-0.1, -0.05) is 0 Å². The molecule has 0 aliphatic heterocycles. The second-order valence-electron chi connectivity index (χ2n) is 3.78. The summed E-state index contributed by atoms with van der Waals surface area (Å²) in [6, 6.07) is 3.11. The minimum absolute atomic E-state index is 0.0360. The number of alkyl halides is 3. The first-order chi connectivity index (χ1) is 9.57. The zero-order chi connectivity index (χ0) is 16.3. The van der Waals surface area contributed by atoms with E-state index in [1.165, 1.54) is 7.11 Å². The lowest BCUT2D eigenvalue weighted by Crippen LogP contribution is -2.13. The van der Waals surface area contributed by atoms with Crippen LogP contribution in [0.1, 0.15) is 10.4 Å². The Kier molecular flexibility index (Phi) is 5.51. The number of carboxylic acid groups (broad SMARTS) is 1. The van der Waals surface area contributed by atoms with Crippen LogP contribution in [0.25, 0.3) is 0 Å². The lowest BCUT2D eigenvalue weighted by atomic mass is 10.2. The van der Waals surface area contributed by atoms with Crippen LogP contribution in [0.2, 0.25) is 0 Å². The fraction of sp³-hybridized carbons (Fsp3) is 0.364. The van der Waals surface area contributed by atoms with E-state index in [-0.39, 0.29) is 16.2 Å². The average Bonchev–Trinajstić information content (AvgIpc) is 2.35. The highest BCUT2D eigenvalue weighted by atomic mass is 32.2. The van der Waals surface area contributed by atoms with Crippen LogP contribution in [-0.2, 0) is 9.84 Å². The molecule has 21 heavy (non-hydrogen) atoms. The summed E-state index contributed by atoms with van der Waals surface area (Å²) >= 11 is -0.447. The number of hydrogen-bond acceptors (Lipinski definition) is 5. The summed E-state index contributed by atoms with van der Waals surface area (Å²) in [5.74, 6) is -2.84. The number of aromatic carboxylic acids is 1. The monoisotopic (exact) mass is 344 g/mol. The van der Waals surface area contributed by atoms with Gasteiger partial charge in [0.05, 0.1) is 17.8 Å². The third-order valence-corrected chi connectivity index (χ3v) is 5.09. The van der Waals surface area contributed by atoms with Crippen molar-refractivity contribution in [1.82, 2.24) is 0 Å². The molecule has 0 aromatic heterocycles. The highest BCUT2D eigenvalue weighted by molar-refractivity contribution is 8.01. The molecule has 0 bridgehead atoms. The average molecular weight is 344 g/mol. The van der Waals surface area contributed by atoms with Gasteiger partial charge in [-0.15, -0.1) is 0 Å². The number of methoxy groups -OCH3 is 1. The van der Waals surface area contributed by atoms with Crippen molar-refractivity contribution in [1.29, 1.82) is 0 Å². The van der Waals surface area contributed by atoms with E-state index >= 15 is 0 Å². The SMILES string of the molecule is COc1ccc(S(=O)(=O)CCSC(F)(F)F)cc1C(=O)O. The molecule has 0 fully saturated rings. The summed E-state index contributed by atoms with van der Waals surface area (Å²) in [4.78, 5) is 10.6. The van der Waals surface area contributed by atoms with Crippen LogP contribution in [0.3, 0.4) is 0 Å². The third-order valence-electron chi connectivity index (χ3n) is 2.38. The van der Waals surface area contributed by atoms with Gasteiger partial charge in [0.15, 0.2) is 9.84 Å². The number of hydrogen-bond donors (Lipinski definition) is 1. The zero-order valence-electron chi connectivity index (χ0n) is 10.7. The first kappa shape index (κ1) is 17.6. The summed E-state index contributed by atoms with van der Waals surface area (Å²) in [6.07, 6.45) is 0. The first-order valence-corrected chi connectivity index (χ1v) is 8.05. The Balaban J connectivity index is 2.99. The van der Waals surface area contributed by atoms with Gasteiger partial charge in [-0.3, -0.25) is 0 Å². The first-order valence-electron chi connectivity index (χ1n) is 5.41. The van der Waals surface area contributed by atoms with Gasteiger partial charge in [0.2, 0.25) is 0 Å². The predicted molar refractivity (Wildman–Crippen MR) is 70.5 cm³/mol. The van der Waals surface area contributed by atoms with Gasteiger partial charge in [-0.05, 0) is 30.0 Å². The van der Waals surface area contributed by atoms with Crippen LogP contribution in [-0.4, -0.2) is 43.6 Å². The molecule has 0 saturated heterocycles. The summed E-state index contributed by atoms with van der Waals surface area (Å²) < 4.78 is 64.5. The Labute approximate surface area is 123 Å². The number of carbonyl (C=O) groups is 1. The van der Waals surface area contributed by atoms with Crippen molar-refractivity contribution in [3.8, 4) is 5.75 Å². The maximum absolute atomic E-state index is 12.0. The Morgan fingerprint density at radius 2 is 2.00 bits per heavy atom. The molecule has 0 saturated carbocycles. The largest absolute Gasteiger partial charge is 0.496 e. The second kappa shape index (κ2) is 6.56. The maximum Gasteiger partial charge on any atom is 0.441 e. The van der Waals surface area contributed by atoms with Gasteiger partial charge in [0.1, 0.15) is 11.3 Å². The maximum atomic E-state index is 12.0. The van der Waals surface area contributed by atoms with E-state index in [1.807, 2.05) is 0 Å². The Morgan fingerprint density at radius 3 is 2.48 bits per heavy atom. The smallest absolute Gasteiger partial charge is 0.441 e. The van der Waals surface area contributed by atoms with Gasteiger partial charge in [-0.25, -0.2) is 13.2 Å². The quantitative estimate of drug-likeness (QED) is 0.854. The van der Waals surface area contributed by atoms with Crippen molar-refractivity contribution in [2.24, 2.45) is 0 Å². The minimum atomic E-state index is -4.51. The van der Waals surface area contributed by atoms with Crippen LogP contribution < -0.4 is 4.74 Å². The van der Waals surface area contributed by atoms with Gasteiger partial charge in [0.25, 0.3) is 0 Å². The fourth-order valence-corrected chi connectivity index (χ4v) is 3.68. The van der Waals surface area contributed by atoms with Crippen LogP contribution in [0.5, 0.6) is 5.75 Å². The van der Waals surface area contributed by atoms with E-state index in [4.69, 9.17) is 9.84 Å². The molecule has 0 aliphatic rings. The van der Waals surface area contributed by atoms with E-state index in [9.17, 15) is 26.4 Å². The van der Waals surface area contributed by atoms with Crippen molar-refractivity contribution in [3.05, 3.63) is 23.8 Å². The van der Waals surface area contributed by atoms with Crippen molar-refractivity contribution >= 4 is 27.6 Å². The van der Waals surface area contributed by atoms with Crippen LogP contribution >= 0.6 is 11.8 Å². The van der Waals surface area contributed by atoms with Crippen LogP contribution in [0.4, 0.5) is 13.2 Å². The van der Waals surface area contributed by atoms with Gasteiger partial charge in [0, 0.05) is 5.75 Å². The molecule has 1 rings (SSSR count). The van der Waals surface area contributed by atoms with Crippen molar-refractivity contribution < 1.29 is 36.2 Å². The van der Waals surface area contributed by atoms with Crippen molar-refractivity contribution in [2.45, 2.75) is 10.4 Å². The molecule has 10 heteroatoms. The molecule has 0 atom stereocenters. The molecule has 1 aromatic carbocycles. The topological polar surface area (TPSA) is 80.7 Å². The standard InChI is InChI=1S/C11H11F3O5S2/c1-19-9-3-2-7(6-8(9)10(15)16)21(17,18)5-4-20-11(12,13)14/h2-3,6H,4-5H2,1H3,(H,15,16). The highest BCUT2D eigenvalue weighted by Crippen LogP contribution is 2.31. The Morgan fingerprint density at radius 1 is 1.38 bits per heavy atom. The van der Waals surface area contributed by atoms with Gasteiger partial charge < -0.3 is 9.84 Å². The zero-order valence-corrected chi connectivity index (χ0v) is 12.3. The van der Waals surface area contributed by atoms with E-state index in [2.05, 4.69) is 0 Å². The van der Waals surface area contributed by atoms with Crippen LogP contribution in [0.15, 0.2) is 23.1 Å². The number of benzene rings is 1. The molecular weight excluding hydrogens is 333 g/mol. The fourth-order valence-electron chi connectivity index (χ4n) is 1.43. The molecule has 0 heterocycles. The molecule has 0 amide bonds. The molecule has 1 aromatic rings. The number of carboxylic acids is 1. The molecule has 0 spiro atoms. The summed E-state index contributed by atoms with van der Waals surface area (Å²) in [5, 5.41) is 8.94. The predicted octanol–water partition coefficient (Wildman–Crippen LogP) is 2.42. The molecule has 0 aliphatic carbocycles. The van der Waals surface area contributed by atoms with Gasteiger partial charge >= 0.3 is 11.5 Å². The van der Waals surface area contributed by atoms with Crippen LogP contribution in [0, 0.1) is 0 Å².